The first-order chi connectivity index (χ1) is 8.16. The molecule has 2 aromatic rings. The van der Waals surface area contributed by atoms with Crippen molar-refractivity contribution in [3.8, 4) is 11.6 Å². The average Bonchev–Trinajstić information content (AvgIpc) is 2.33. The van der Waals surface area contributed by atoms with Crippen molar-refractivity contribution in [3.63, 3.8) is 0 Å². The van der Waals surface area contributed by atoms with Gasteiger partial charge in [0.2, 0.25) is 5.88 Å². The number of rotatable bonds is 3. The van der Waals surface area contributed by atoms with Crippen molar-refractivity contribution in [2.45, 2.75) is 0 Å². The monoisotopic (exact) mass is 308 g/mol. The number of pyridine rings is 1. The number of nitrogens with two attached hydrogens (primary N) is 1. The van der Waals surface area contributed by atoms with Gasteiger partial charge in [0.05, 0.1) is 4.47 Å². The van der Waals surface area contributed by atoms with Gasteiger partial charge in [0.1, 0.15) is 10.7 Å². The van der Waals surface area contributed by atoms with Gasteiger partial charge in [-0.3, -0.25) is 0 Å². The maximum atomic E-state index is 5.60. The molecule has 0 fully saturated rings. The van der Waals surface area contributed by atoms with Crippen LogP contribution in [0.3, 0.4) is 0 Å². The summed E-state index contributed by atoms with van der Waals surface area (Å²) in [6.45, 7) is 0. The summed E-state index contributed by atoms with van der Waals surface area (Å²) in [5, 5.41) is 0. The Hall–Kier alpha value is -1.46. The van der Waals surface area contributed by atoms with Crippen molar-refractivity contribution in [2.75, 3.05) is 0 Å². The van der Waals surface area contributed by atoms with Crippen LogP contribution in [0.2, 0.25) is 0 Å². The standard InChI is InChI=1S/C12H9BrN2OS/c13-9-3-1-2-4-10(9)16-11-6-5-8(7-15-11)12(14)17/h1-7H,(H2,14,17). The second-order valence-corrected chi connectivity index (χ2v) is 4.58. The van der Waals surface area contributed by atoms with Crippen LogP contribution in [-0.2, 0) is 0 Å². The van der Waals surface area contributed by atoms with E-state index in [0.717, 1.165) is 10.0 Å². The van der Waals surface area contributed by atoms with Gasteiger partial charge in [0, 0.05) is 17.8 Å². The molecule has 0 saturated carbocycles. The second-order valence-electron chi connectivity index (χ2n) is 3.28. The molecule has 0 saturated heterocycles. The molecule has 1 aromatic carbocycles. The van der Waals surface area contributed by atoms with E-state index < -0.39 is 0 Å². The molecule has 0 atom stereocenters. The van der Waals surface area contributed by atoms with Crippen molar-refractivity contribution >= 4 is 33.1 Å². The van der Waals surface area contributed by atoms with Crippen LogP contribution in [0.25, 0.3) is 0 Å². The maximum Gasteiger partial charge on any atom is 0.219 e. The molecule has 0 aliphatic carbocycles. The number of hydrogen-bond donors (Lipinski definition) is 1. The van der Waals surface area contributed by atoms with E-state index in [1.165, 1.54) is 0 Å². The first kappa shape index (κ1) is 12.0. The maximum absolute atomic E-state index is 5.60. The van der Waals surface area contributed by atoms with E-state index in [1.807, 2.05) is 24.3 Å². The minimum atomic E-state index is 0.324. The average molecular weight is 309 g/mol. The Morgan fingerprint density at radius 3 is 2.59 bits per heavy atom. The molecular formula is C12H9BrN2OS. The summed E-state index contributed by atoms with van der Waals surface area (Å²) < 4.78 is 6.48. The molecule has 0 bridgehead atoms. The Balaban J connectivity index is 2.20. The van der Waals surface area contributed by atoms with Crippen LogP contribution in [0.4, 0.5) is 0 Å². The molecule has 0 radical (unpaired) electrons. The first-order valence-corrected chi connectivity index (χ1v) is 6.05. The summed E-state index contributed by atoms with van der Waals surface area (Å²) >= 11 is 8.24. The van der Waals surface area contributed by atoms with Crippen molar-refractivity contribution in [1.29, 1.82) is 0 Å². The third-order valence-corrected chi connectivity index (χ3v) is 2.96. The summed E-state index contributed by atoms with van der Waals surface area (Å²) in [6, 6.07) is 11.1. The van der Waals surface area contributed by atoms with E-state index in [9.17, 15) is 0 Å². The molecule has 86 valence electrons. The summed E-state index contributed by atoms with van der Waals surface area (Å²) in [4.78, 5) is 4.45. The van der Waals surface area contributed by atoms with Crippen molar-refractivity contribution in [3.05, 3.63) is 52.6 Å². The van der Waals surface area contributed by atoms with Crippen LogP contribution in [0.15, 0.2) is 47.1 Å². The fourth-order valence-electron chi connectivity index (χ4n) is 1.23. The minimum Gasteiger partial charge on any atom is -0.438 e. The topological polar surface area (TPSA) is 48.1 Å². The van der Waals surface area contributed by atoms with Crippen LogP contribution in [0.1, 0.15) is 5.56 Å². The van der Waals surface area contributed by atoms with Gasteiger partial charge in [-0.1, -0.05) is 24.4 Å². The second kappa shape index (κ2) is 5.25. The minimum absolute atomic E-state index is 0.324. The number of benzene rings is 1. The van der Waals surface area contributed by atoms with Crippen LogP contribution in [0.5, 0.6) is 11.6 Å². The lowest BCUT2D eigenvalue weighted by Crippen LogP contribution is -2.09. The summed E-state index contributed by atoms with van der Waals surface area (Å²) in [6.07, 6.45) is 1.59. The highest BCUT2D eigenvalue weighted by molar-refractivity contribution is 9.10. The number of aromatic nitrogens is 1. The normalized spacial score (nSPS) is 9.94. The van der Waals surface area contributed by atoms with Gasteiger partial charge in [0.25, 0.3) is 0 Å². The molecule has 5 heteroatoms. The highest BCUT2D eigenvalue weighted by atomic mass is 79.9. The van der Waals surface area contributed by atoms with Gasteiger partial charge in [-0.05, 0) is 34.1 Å². The Morgan fingerprint density at radius 2 is 2.00 bits per heavy atom. The van der Waals surface area contributed by atoms with E-state index in [2.05, 4.69) is 20.9 Å². The van der Waals surface area contributed by atoms with Gasteiger partial charge >= 0.3 is 0 Å². The van der Waals surface area contributed by atoms with Crippen molar-refractivity contribution < 1.29 is 4.74 Å². The Labute approximate surface area is 113 Å². The van der Waals surface area contributed by atoms with Gasteiger partial charge < -0.3 is 10.5 Å². The predicted octanol–water partition coefficient (Wildman–Crippen LogP) is 3.27. The largest absolute Gasteiger partial charge is 0.438 e. The van der Waals surface area contributed by atoms with Crippen LogP contribution < -0.4 is 10.5 Å². The number of thiocarbonyl (C=S) groups is 1. The molecular weight excluding hydrogens is 300 g/mol. The first-order valence-electron chi connectivity index (χ1n) is 4.85. The zero-order chi connectivity index (χ0) is 12.3. The van der Waals surface area contributed by atoms with Gasteiger partial charge in [-0.15, -0.1) is 0 Å². The van der Waals surface area contributed by atoms with E-state index in [4.69, 9.17) is 22.7 Å². The fraction of sp³-hybridized carbons (Fsp3) is 0. The van der Waals surface area contributed by atoms with Crippen LogP contribution >= 0.6 is 28.1 Å². The lowest BCUT2D eigenvalue weighted by atomic mass is 10.3. The zero-order valence-corrected chi connectivity index (χ0v) is 11.2. The quantitative estimate of drug-likeness (QED) is 0.884. The Bertz CT molecular complexity index is 542. The van der Waals surface area contributed by atoms with E-state index in [1.54, 1.807) is 18.3 Å². The molecule has 0 spiro atoms. The van der Waals surface area contributed by atoms with Gasteiger partial charge in [0.15, 0.2) is 0 Å². The van der Waals surface area contributed by atoms with Crippen molar-refractivity contribution in [2.24, 2.45) is 5.73 Å². The molecule has 1 aromatic heterocycles. The molecule has 0 unspecified atom stereocenters. The molecule has 0 aliphatic heterocycles. The number of nitrogens with zero attached hydrogens (tertiary/aromatic N) is 1. The summed E-state index contributed by atoms with van der Waals surface area (Å²) in [5.41, 5.74) is 6.21. The third-order valence-electron chi connectivity index (χ3n) is 2.07. The summed E-state index contributed by atoms with van der Waals surface area (Å²) in [7, 11) is 0. The number of hydrogen-bond acceptors (Lipinski definition) is 3. The molecule has 3 nitrogen and oxygen atoms in total. The predicted molar refractivity (Wildman–Crippen MR) is 74.3 cm³/mol. The van der Waals surface area contributed by atoms with Crippen molar-refractivity contribution in [1.82, 2.24) is 4.98 Å². The highest BCUT2D eigenvalue weighted by Crippen LogP contribution is 2.27. The fourth-order valence-corrected chi connectivity index (χ4v) is 1.71. The molecule has 0 amide bonds. The lowest BCUT2D eigenvalue weighted by molar-refractivity contribution is 0.460. The van der Waals surface area contributed by atoms with Crippen LogP contribution in [-0.4, -0.2) is 9.97 Å². The zero-order valence-electron chi connectivity index (χ0n) is 8.76. The molecule has 2 N–H and O–H groups in total. The highest BCUT2D eigenvalue weighted by Gasteiger charge is 2.03. The van der Waals surface area contributed by atoms with E-state index in [0.29, 0.717) is 16.6 Å². The number of ether oxygens (including phenoxy) is 1. The molecule has 0 aliphatic rings. The Morgan fingerprint density at radius 1 is 1.24 bits per heavy atom. The van der Waals surface area contributed by atoms with Gasteiger partial charge in [-0.25, -0.2) is 4.98 Å². The lowest BCUT2D eigenvalue weighted by Gasteiger charge is -2.06. The third kappa shape index (κ3) is 3.01. The SMILES string of the molecule is NC(=S)c1ccc(Oc2ccccc2Br)nc1. The van der Waals surface area contributed by atoms with E-state index >= 15 is 0 Å². The number of halogens is 1. The number of para-hydroxylation sites is 1. The molecule has 17 heavy (non-hydrogen) atoms. The molecule has 1 heterocycles. The van der Waals surface area contributed by atoms with E-state index in [-0.39, 0.29) is 0 Å². The smallest absolute Gasteiger partial charge is 0.219 e. The van der Waals surface area contributed by atoms with Gasteiger partial charge in [-0.2, -0.15) is 0 Å². The molecule has 2 rings (SSSR count). The summed E-state index contributed by atoms with van der Waals surface area (Å²) in [5.74, 6) is 1.21. The van der Waals surface area contributed by atoms with Crippen LogP contribution in [0, 0.1) is 0 Å². The Kier molecular flexibility index (Phi) is 3.71.